The van der Waals surface area contributed by atoms with Crippen molar-refractivity contribution in [2.24, 2.45) is 4.40 Å². The highest BCUT2D eigenvalue weighted by atomic mass is 32.2. The van der Waals surface area contributed by atoms with E-state index in [-0.39, 0.29) is 11.4 Å². The lowest BCUT2D eigenvalue weighted by molar-refractivity contribution is -0.137. The highest BCUT2D eigenvalue weighted by Gasteiger charge is 2.30. The minimum absolute atomic E-state index is 0.0847. The number of allylic oxidation sites excluding steroid dienone is 1. The number of methoxy groups -OCH3 is 1. The van der Waals surface area contributed by atoms with Crippen molar-refractivity contribution in [2.45, 2.75) is 6.92 Å². The fourth-order valence-electron chi connectivity index (χ4n) is 1.44. The summed E-state index contributed by atoms with van der Waals surface area (Å²) >= 11 is 1.30. The van der Waals surface area contributed by atoms with E-state index < -0.39 is 16.2 Å². The molecule has 0 saturated carbocycles. The molecule has 102 valence electrons. The van der Waals surface area contributed by atoms with Gasteiger partial charge >= 0.3 is 16.2 Å². The van der Waals surface area contributed by atoms with E-state index in [9.17, 15) is 13.2 Å². The number of aromatic nitrogens is 1. The zero-order valence-corrected chi connectivity index (χ0v) is 12.1. The van der Waals surface area contributed by atoms with Crippen LogP contribution in [-0.2, 0) is 19.7 Å². The molecule has 0 aromatic carbocycles. The Kier molecular flexibility index (Phi) is 3.42. The van der Waals surface area contributed by atoms with Gasteiger partial charge in [0.2, 0.25) is 0 Å². The second-order valence-corrected chi connectivity index (χ2v) is 6.55. The molecule has 0 radical (unpaired) electrons. The molecule has 0 atom stereocenters. The average Bonchev–Trinajstić information content (AvgIpc) is 2.78. The van der Waals surface area contributed by atoms with Gasteiger partial charge in [-0.15, -0.1) is 15.7 Å². The van der Waals surface area contributed by atoms with Gasteiger partial charge in [-0.1, -0.05) is 0 Å². The van der Waals surface area contributed by atoms with Crippen LogP contribution in [0.2, 0.25) is 0 Å². The predicted octanol–water partition coefficient (Wildman–Crippen LogP) is 0.488. The van der Waals surface area contributed by atoms with Crippen LogP contribution in [0.1, 0.15) is 9.88 Å². The third-order valence-electron chi connectivity index (χ3n) is 2.44. The van der Waals surface area contributed by atoms with E-state index in [1.54, 1.807) is 6.92 Å². The lowest BCUT2D eigenvalue weighted by Crippen LogP contribution is -2.33. The van der Waals surface area contributed by atoms with Crippen molar-refractivity contribution in [3.63, 3.8) is 0 Å². The zero-order chi connectivity index (χ0) is 14.2. The van der Waals surface area contributed by atoms with Gasteiger partial charge in [-0.2, -0.15) is 8.42 Å². The summed E-state index contributed by atoms with van der Waals surface area (Å²) in [6.07, 6.45) is 2.89. The molecule has 2 rings (SSSR count). The molecule has 2 heterocycles. The molecule has 0 N–H and O–H groups in total. The Morgan fingerprint density at radius 1 is 1.47 bits per heavy atom. The SMILES string of the molecule is COC(=O)C1=CC(c2cnc(C)s2)=NS(=O)(=O)N1C. The molecule has 0 aliphatic carbocycles. The van der Waals surface area contributed by atoms with E-state index in [0.29, 0.717) is 4.88 Å². The minimum atomic E-state index is -3.92. The Bertz CT molecular complexity index is 687. The number of likely N-dealkylation sites (N-methyl/N-ethyl adjacent to an activating group) is 1. The first kappa shape index (κ1) is 13.7. The third kappa shape index (κ3) is 2.51. The minimum Gasteiger partial charge on any atom is -0.464 e. The number of hydrogen-bond acceptors (Lipinski definition) is 6. The molecule has 0 unspecified atom stereocenters. The normalized spacial score (nSPS) is 17.7. The third-order valence-corrected chi connectivity index (χ3v) is 4.69. The van der Waals surface area contributed by atoms with E-state index in [1.807, 2.05) is 0 Å². The Morgan fingerprint density at radius 3 is 2.68 bits per heavy atom. The highest BCUT2D eigenvalue weighted by molar-refractivity contribution is 7.88. The van der Waals surface area contributed by atoms with Gasteiger partial charge in [0.25, 0.3) is 0 Å². The molecule has 9 heteroatoms. The molecule has 1 aromatic rings. The summed E-state index contributed by atoms with van der Waals surface area (Å²) < 4.78 is 32.8. The molecule has 0 bridgehead atoms. The van der Waals surface area contributed by atoms with Crippen LogP contribution in [-0.4, -0.2) is 43.5 Å². The number of esters is 1. The number of carbonyl (C=O) groups is 1. The molecule has 0 fully saturated rings. The lowest BCUT2D eigenvalue weighted by atomic mass is 10.2. The number of ether oxygens (including phenoxy) is 1. The van der Waals surface area contributed by atoms with Gasteiger partial charge in [-0.25, -0.2) is 14.1 Å². The van der Waals surface area contributed by atoms with Crippen LogP contribution in [0, 0.1) is 6.92 Å². The Morgan fingerprint density at radius 2 is 2.16 bits per heavy atom. The van der Waals surface area contributed by atoms with E-state index in [1.165, 1.54) is 37.8 Å². The summed E-state index contributed by atoms with van der Waals surface area (Å²) in [5, 5.41) is 0.780. The molecule has 7 nitrogen and oxygen atoms in total. The van der Waals surface area contributed by atoms with Crippen LogP contribution in [0.15, 0.2) is 22.4 Å². The van der Waals surface area contributed by atoms with Gasteiger partial charge in [0, 0.05) is 13.2 Å². The number of thiazole rings is 1. The molecule has 1 aliphatic rings. The van der Waals surface area contributed by atoms with Gasteiger partial charge in [0.05, 0.1) is 22.7 Å². The van der Waals surface area contributed by atoms with Gasteiger partial charge in [0.15, 0.2) is 0 Å². The average molecular weight is 301 g/mol. The summed E-state index contributed by atoms with van der Waals surface area (Å²) in [6.45, 7) is 1.79. The maximum absolute atomic E-state index is 11.9. The lowest BCUT2D eigenvalue weighted by Gasteiger charge is -2.21. The monoisotopic (exact) mass is 301 g/mol. The molecule has 0 amide bonds. The van der Waals surface area contributed by atoms with Crippen molar-refractivity contribution >= 4 is 33.2 Å². The standard InChI is InChI=1S/C10H11N3O4S2/c1-6-11-5-9(18-6)7-4-8(10(14)17-3)13(2)19(15,16)12-7/h4-5H,1-3H3. The summed E-state index contributed by atoms with van der Waals surface area (Å²) in [5.41, 5.74) is 0.0997. The Balaban J connectivity index is 2.55. The van der Waals surface area contributed by atoms with Crippen molar-refractivity contribution in [3.05, 3.63) is 27.9 Å². The predicted molar refractivity (Wildman–Crippen MR) is 70.2 cm³/mol. The Hall–Kier alpha value is -1.74. The van der Waals surface area contributed by atoms with E-state index in [4.69, 9.17) is 0 Å². The summed E-state index contributed by atoms with van der Waals surface area (Å²) in [7, 11) is -1.49. The number of carbonyl (C=O) groups excluding carboxylic acids is 1. The number of rotatable bonds is 2. The topological polar surface area (TPSA) is 88.9 Å². The number of aryl methyl sites for hydroxylation is 1. The van der Waals surface area contributed by atoms with Crippen LogP contribution in [0.4, 0.5) is 0 Å². The second kappa shape index (κ2) is 4.74. The van der Waals surface area contributed by atoms with E-state index in [0.717, 1.165) is 9.31 Å². The molecular formula is C10H11N3O4S2. The van der Waals surface area contributed by atoms with Crippen LogP contribution in [0.5, 0.6) is 0 Å². The van der Waals surface area contributed by atoms with Crippen LogP contribution in [0.3, 0.4) is 0 Å². The number of nitrogens with zero attached hydrogens (tertiary/aromatic N) is 3. The van der Waals surface area contributed by atoms with Crippen LogP contribution >= 0.6 is 11.3 Å². The fraction of sp³-hybridized carbons (Fsp3) is 0.300. The van der Waals surface area contributed by atoms with E-state index >= 15 is 0 Å². The first-order valence-electron chi connectivity index (χ1n) is 5.17. The van der Waals surface area contributed by atoms with Gasteiger partial charge in [-0.3, -0.25) is 0 Å². The largest absolute Gasteiger partial charge is 0.464 e. The molecule has 1 aliphatic heterocycles. The van der Waals surface area contributed by atoms with Gasteiger partial charge in [0.1, 0.15) is 5.70 Å². The number of hydrogen-bond donors (Lipinski definition) is 0. The summed E-state index contributed by atoms with van der Waals surface area (Å²) in [5.74, 6) is -0.736. The first-order chi connectivity index (χ1) is 8.85. The fourth-order valence-corrected chi connectivity index (χ4v) is 3.14. The molecule has 0 spiro atoms. The van der Waals surface area contributed by atoms with Crippen molar-refractivity contribution < 1.29 is 17.9 Å². The Labute approximate surface area is 114 Å². The molecule has 0 saturated heterocycles. The van der Waals surface area contributed by atoms with Gasteiger partial charge in [-0.05, 0) is 13.0 Å². The summed E-state index contributed by atoms with van der Waals surface area (Å²) in [6, 6.07) is 0. The van der Waals surface area contributed by atoms with Crippen molar-refractivity contribution in [1.82, 2.24) is 9.29 Å². The second-order valence-electron chi connectivity index (χ2n) is 3.69. The first-order valence-corrected chi connectivity index (χ1v) is 7.38. The van der Waals surface area contributed by atoms with Crippen LogP contribution < -0.4 is 0 Å². The quantitative estimate of drug-likeness (QED) is 0.742. The van der Waals surface area contributed by atoms with E-state index in [2.05, 4.69) is 14.1 Å². The smallest absolute Gasteiger partial charge is 0.355 e. The maximum atomic E-state index is 11.9. The van der Waals surface area contributed by atoms with Crippen molar-refractivity contribution in [3.8, 4) is 0 Å². The summed E-state index contributed by atoms with van der Waals surface area (Å²) in [4.78, 5) is 16.2. The van der Waals surface area contributed by atoms with Crippen molar-refractivity contribution in [1.29, 1.82) is 0 Å². The molecular weight excluding hydrogens is 290 g/mol. The molecule has 1 aromatic heterocycles. The highest BCUT2D eigenvalue weighted by Crippen LogP contribution is 2.22. The van der Waals surface area contributed by atoms with Gasteiger partial charge < -0.3 is 4.74 Å². The molecule has 19 heavy (non-hydrogen) atoms. The van der Waals surface area contributed by atoms with Crippen LogP contribution in [0.25, 0.3) is 0 Å². The van der Waals surface area contributed by atoms with Crippen molar-refractivity contribution in [2.75, 3.05) is 14.2 Å². The zero-order valence-electron chi connectivity index (χ0n) is 10.4. The maximum Gasteiger partial charge on any atom is 0.355 e.